The minimum atomic E-state index is 0.757. The first-order valence-electron chi connectivity index (χ1n) is 7.18. The summed E-state index contributed by atoms with van der Waals surface area (Å²) in [4.78, 5) is 2.59. The van der Waals surface area contributed by atoms with Crippen LogP contribution in [0.3, 0.4) is 0 Å². The Morgan fingerprint density at radius 1 is 1.41 bits per heavy atom. The van der Waals surface area contributed by atoms with Gasteiger partial charge in [0, 0.05) is 24.4 Å². The molecule has 2 aliphatic rings. The van der Waals surface area contributed by atoms with Crippen LogP contribution < -0.4 is 5.32 Å². The molecule has 1 saturated heterocycles. The van der Waals surface area contributed by atoms with E-state index >= 15 is 0 Å². The van der Waals surface area contributed by atoms with Crippen molar-refractivity contribution < 1.29 is 0 Å². The van der Waals surface area contributed by atoms with E-state index < -0.39 is 0 Å². The minimum absolute atomic E-state index is 0.757. The van der Waals surface area contributed by atoms with E-state index in [1.54, 1.807) is 0 Å². The Balaban J connectivity index is 1.83. The van der Waals surface area contributed by atoms with Crippen LogP contribution in [0.1, 0.15) is 32.6 Å². The van der Waals surface area contributed by atoms with Gasteiger partial charge in [-0.25, -0.2) is 0 Å². The number of hydrogen-bond donors (Lipinski definition) is 1. The molecule has 3 heteroatoms. The molecule has 17 heavy (non-hydrogen) atoms. The van der Waals surface area contributed by atoms with Crippen LogP contribution in [-0.2, 0) is 0 Å². The van der Waals surface area contributed by atoms with E-state index in [-0.39, 0.29) is 0 Å². The molecule has 1 aliphatic carbocycles. The molecule has 2 fully saturated rings. The molecule has 100 valence electrons. The molecular weight excluding hydrogens is 228 g/mol. The van der Waals surface area contributed by atoms with Crippen molar-refractivity contribution in [3.8, 4) is 0 Å². The van der Waals surface area contributed by atoms with E-state index in [1.807, 2.05) is 11.8 Å². The van der Waals surface area contributed by atoms with Gasteiger partial charge in [0.15, 0.2) is 0 Å². The Kier molecular flexibility index (Phi) is 5.19. The van der Waals surface area contributed by atoms with Gasteiger partial charge < -0.3 is 10.2 Å². The maximum absolute atomic E-state index is 3.76. The maximum Gasteiger partial charge on any atom is 0.0226 e. The van der Waals surface area contributed by atoms with Gasteiger partial charge in [-0.1, -0.05) is 13.3 Å². The lowest BCUT2D eigenvalue weighted by molar-refractivity contribution is 0.213. The summed E-state index contributed by atoms with van der Waals surface area (Å²) in [6.07, 6.45) is 7.91. The van der Waals surface area contributed by atoms with Crippen LogP contribution in [0.5, 0.6) is 0 Å². The lowest BCUT2D eigenvalue weighted by Gasteiger charge is -2.31. The quantitative estimate of drug-likeness (QED) is 0.786. The molecule has 0 amide bonds. The fourth-order valence-electron chi connectivity index (χ4n) is 3.71. The van der Waals surface area contributed by atoms with Crippen molar-refractivity contribution in [2.45, 2.75) is 44.7 Å². The van der Waals surface area contributed by atoms with E-state index in [0.717, 1.165) is 23.9 Å². The summed E-state index contributed by atoms with van der Waals surface area (Å²) in [5, 5.41) is 3.76. The second kappa shape index (κ2) is 6.44. The van der Waals surface area contributed by atoms with Gasteiger partial charge in [-0.05, 0) is 50.9 Å². The van der Waals surface area contributed by atoms with Crippen LogP contribution >= 0.6 is 11.8 Å². The minimum Gasteiger partial charge on any atom is -0.312 e. The molecule has 0 bridgehead atoms. The summed E-state index contributed by atoms with van der Waals surface area (Å²) in [5.41, 5.74) is 0. The number of likely N-dealkylation sites (N-methyl/N-ethyl adjacent to an activating group) is 1. The lowest BCUT2D eigenvalue weighted by Crippen LogP contribution is -2.44. The van der Waals surface area contributed by atoms with Crippen LogP contribution in [0.4, 0.5) is 0 Å². The Bertz CT molecular complexity index is 234. The highest BCUT2D eigenvalue weighted by molar-refractivity contribution is 7.98. The van der Waals surface area contributed by atoms with Gasteiger partial charge in [0.05, 0.1) is 0 Å². The van der Waals surface area contributed by atoms with E-state index in [0.29, 0.717) is 0 Å². The highest BCUT2D eigenvalue weighted by atomic mass is 32.2. The van der Waals surface area contributed by atoms with Crippen molar-refractivity contribution in [2.24, 2.45) is 11.8 Å². The second-order valence-electron chi connectivity index (χ2n) is 5.83. The van der Waals surface area contributed by atoms with Crippen LogP contribution in [0.25, 0.3) is 0 Å². The summed E-state index contributed by atoms with van der Waals surface area (Å²) >= 11 is 1.98. The third-order valence-electron chi connectivity index (χ3n) is 4.82. The van der Waals surface area contributed by atoms with E-state index in [9.17, 15) is 0 Å². The summed E-state index contributed by atoms with van der Waals surface area (Å²) in [6.45, 7) is 4.85. The molecule has 4 atom stereocenters. The van der Waals surface area contributed by atoms with Crippen LogP contribution in [0, 0.1) is 11.8 Å². The van der Waals surface area contributed by atoms with Gasteiger partial charge in [-0.15, -0.1) is 0 Å². The van der Waals surface area contributed by atoms with Crippen molar-refractivity contribution >= 4 is 11.8 Å². The predicted molar refractivity (Wildman–Crippen MR) is 77.7 cm³/mol. The van der Waals surface area contributed by atoms with Crippen LogP contribution in [-0.4, -0.2) is 49.1 Å². The van der Waals surface area contributed by atoms with Gasteiger partial charge >= 0.3 is 0 Å². The number of thioether (sulfide) groups is 1. The van der Waals surface area contributed by atoms with E-state index in [1.165, 1.54) is 44.5 Å². The molecular formula is C14H28N2S. The van der Waals surface area contributed by atoms with Crippen molar-refractivity contribution in [2.75, 3.05) is 32.1 Å². The zero-order valence-corrected chi connectivity index (χ0v) is 12.4. The zero-order chi connectivity index (χ0) is 12.3. The summed E-state index contributed by atoms with van der Waals surface area (Å²) in [5.74, 6) is 3.24. The average molecular weight is 256 g/mol. The zero-order valence-electron chi connectivity index (χ0n) is 11.6. The Hall–Kier alpha value is 0.270. The number of nitrogens with zero attached hydrogens (tertiary/aromatic N) is 1. The van der Waals surface area contributed by atoms with Gasteiger partial charge in [-0.3, -0.25) is 0 Å². The number of nitrogens with one attached hydrogen (secondary N) is 1. The van der Waals surface area contributed by atoms with Crippen molar-refractivity contribution in [3.05, 3.63) is 0 Å². The molecule has 4 unspecified atom stereocenters. The van der Waals surface area contributed by atoms with Gasteiger partial charge in [0.1, 0.15) is 0 Å². The van der Waals surface area contributed by atoms with Crippen LogP contribution in [0.15, 0.2) is 0 Å². The van der Waals surface area contributed by atoms with Crippen molar-refractivity contribution in [1.82, 2.24) is 10.2 Å². The monoisotopic (exact) mass is 256 g/mol. The first kappa shape index (κ1) is 13.7. The first-order chi connectivity index (χ1) is 8.26. The second-order valence-corrected chi connectivity index (χ2v) is 6.74. The predicted octanol–water partition coefficient (Wildman–Crippen LogP) is 2.45. The van der Waals surface area contributed by atoms with Gasteiger partial charge in [0.2, 0.25) is 0 Å². The fourth-order valence-corrected chi connectivity index (χ4v) is 4.59. The molecule has 2 rings (SSSR count). The fraction of sp³-hybridized carbons (Fsp3) is 1.00. The topological polar surface area (TPSA) is 15.3 Å². The molecule has 0 aromatic carbocycles. The molecule has 1 saturated carbocycles. The molecule has 0 aromatic rings. The van der Waals surface area contributed by atoms with Crippen LogP contribution in [0.2, 0.25) is 0 Å². The summed E-state index contributed by atoms with van der Waals surface area (Å²) in [7, 11) is 2.31. The summed E-state index contributed by atoms with van der Waals surface area (Å²) in [6, 6.07) is 1.52. The molecule has 2 nitrogen and oxygen atoms in total. The Morgan fingerprint density at radius 3 is 2.94 bits per heavy atom. The van der Waals surface area contributed by atoms with Gasteiger partial charge in [-0.2, -0.15) is 11.8 Å². The number of fused-ring (bicyclic) bond motifs is 1. The Morgan fingerprint density at radius 2 is 2.24 bits per heavy atom. The average Bonchev–Trinajstić information content (AvgIpc) is 2.90. The van der Waals surface area contributed by atoms with Crippen molar-refractivity contribution in [1.29, 1.82) is 0 Å². The molecule has 0 radical (unpaired) electrons. The summed E-state index contributed by atoms with van der Waals surface area (Å²) < 4.78 is 0. The molecule has 0 aromatic heterocycles. The maximum atomic E-state index is 3.76. The third kappa shape index (κ3) is 3.18. The first-order valence-corrected chi connectivity index (χ1v) is 8.58. The molecule has 1 heterocycles. The highest BCUT2D eigenvalue weighted by Crippen LogP contribution is 2.37. The normalized spacial score (nSPS) is 34.2. The standard InChI is InChI=1S/C14H28N2S/c1-4-12(10-17-3)16(2)9-14-13-7-5-6-11(13)8-15-14/h11-15H,4-10H2,1-3H3. The molecule has 1 aliphatic heterocycles. The van der Waals surface area contributed by atoms with Crippen molar-refractivity contribution in [3.63, 3.8) is 0 Å². The number of hydrogen-bond acceptors (Lipinski definition) is 3. The smallest absolute Gasteiger partial charge is 0.0226 e. The largest absolute Gasteiger partial charge is 0.312 e. The van der Waals surface area contributed by atoms with E-state index in [4.69, 9.17) is 0 Å². The number of rotatable bonds is 6. The van der Waals surface area contributed by atoms with E-state index in [2.05, 4.69) is 30.4 Å². The third-order valence-corrected chi connectivity index (χ3v) is 5.53. The molecule has 0 spiro atoms. The lowest BCUT2D eigenvalue weighted by atomic mass is 9.93. The SMILES string of the molecule is CCC(CSC)N(C)CC1NCC2CCCC21. The Labute approximate surface area is 111 Å². The van der Waals surface area contributed by atoms with Gasteiger partial charge in [0.25, 0.3) is 0 Å². The molecule has 1 N–H and O–H groups in total. The highest BCUT2D eigenvalue weighted by Gasteiger charge is 2.39.